The van der Waals surface area contributed by atoms with Gasteiger partial charge in [0.1, 0.15) is 0 Å². The quantitative estimate of drug-likeness (QED) is 0.161. The van der Waals surface area contributed by atoms with Gasteiger partial charge in [0.2, 0.25) is 0 Å². The predicted molar refractivity (Wildman–Crippen MR) is 163 cm³/mol. The Hall–Kier alpha value is -1.89. The Kier molecular flexibility index (Phi) is 12.3. The molecule has 38 heavy (non-hydrogen) atoms. The van der Waals surface area contributed by atoms with Gasteiger partial charge in [-0.2, -0.15) is 0 Å². The molecule has 0 aliphatic heterocycles. The summed E-state index contributed by atoms with van der Waals surface area (Å²) >= 11 is 0. The third-order valence-corrected chi connectivity index (χ3v) is 14.5. The van der Waals surface area contributed by atoms with Gasteiger partial charge in [0, 0.05) is 6.61 Å². The van der Waals surface area contributed by atoms with E-state index in [1.807, 2.05) is 12.1 Å². The fourth-order valence-corrected chi connectivity index (χ4v) is 7.34. The zero-order chi connectivity index (χ0) is 28.4. The summed E-state index contributed by atoms with van der Waals surface area (Å²) in [4.78, 5) is 0.409. The molecule has 4 nitrogen and oxygen atoms in total. The van der Waals surface area contributed by atoms with Crippen LogP contribution in [0.15, 0.2) is 81.5 Å². The van der Waals surface area contributed by atoms with Crippen molar-refractivity contribution in [3.8, 4) is 0 Å². The summed E-state index contributed by atoms with van der Waals surface area (Å²) in [6.07, 6.45) is 13.1. The highest BCUT2D eigenvalue weighted by Gasteiger charge is 2.38. The second kappa shape index (κ2) is 14.5. The van der Waals surface area contributed by atoms with E-state index in [1.54, 1.807) is 36.8 Å². The fraction of sp³-hybridized carbons (Fsp3) is 0.562. The third-order valence-electron chi connectivity index (χ3n) is 7.80. The van der Waals surface area contributed by atoms with E-state index in [2.05, 4.69) is 66.8 Å². The van der Waals surface area contributed by atoms with Crippen molar-refractivity contribution in [1.82, 2.24) is 0 Å². The number of hydrogen-bond acceptors (Lipinski definition) is 4. The molecule has 0 amide bonds. The lowest BCUT2D eigenvalue weighted by Gasteiger charge is -2.37. The summed E-state index contributed by atoms with van der Waals surface area (Å²) in [5.41, 5.74) is 3.72. The molecule has 0 N–H and O–H groups in total. The Morgan fingerprint density at radius 3 is 2.29 bits per heavy atom. The molecule has 0 saturated carbocycles. The predicted octanol–water partition coefficient (Wildman–Crippen LogP) is 9.17. The normalized spacial score (nSPS) is 15.5. The molecular formula is C32H50O4SSi. The number of aryl methyl sites for hydroxylation is 1. The molecule has 1 aromatic carbocycles. The van der Waals surface area contributed by atoms with E-state index in [0.29, 0.717) is 24.3 Å². The number of sulfone groups is 1. The first-order chi connectivity index (χ1) is 17.7. The molecule has 0 aliphatic carbocycles. The van der Waals surface area contributed by atoms with Gasteiger partial charge in [-0.25, -0.2) is 8.42 Å². The van der Waals surface area contributed by atoms with E-state index in [-0.39, 0.29) is 11.0 Å². The Morgan fingerprint density at radius 2 is 1.68 bits per heavy atom. The highest BCUT2D eigenvalue weighted by molar-refractivity contribution is 7.92. The van der Waals surface area contributed by atoms with Crippen LogP contribution in [0.1, 0.15) is 79.2 Å². The molecular weight excluding hydrogens is 509 g/mol. The van der Waals surface area contributed by atoms with Crippen molar-refractivity contribution in [3.63, 3.8) is 0 Å². The van der Waals surface area contributed by atoms with Crippen molar-refractivity contribution in [2.24, 2.45) is 5.92 Å². The van der Waals surface area contributed by atoms with Gasteiger partial charge in [-0.3, -0.25) is 0 Å². The lowest BCUT2D eigenvalue weighted by atomic mass is 10.0. The van der Waals surface area contributed by atoms with Crippen LogP contribution < -0.4 is 0 Å². The summed E-state index contributed by atoms with van der Waals surface area (Å²) in [5.74, 6) is 0.154. The molecule has 1 unspecified atom stereocenters. The van der Waals surface area contributed by atoms with Crippen LogP contribution in [0.3, 0.4) is 0 Å². The number of benzene rings is 1. The summed E-state index contributed by atoms with van der Waals surface area (Å²) in [7, 11) is -5.34. The van der Waals surface area contributed by atoms with Crippen LogP contribution in [0.25, 0.3) is 0 Å². The molecule has 1 aromatic heterocycles. The van der Waals surface area contributed by atoms with Crippen molar-refractivity contribution < 1.29 is 17.3 Å². The summed E-state index contributed by atoms with van der Waals surface area (Å²) in [6.45, 7) is 18.2. The molecule has 1 heterocycles. The molecule has 0 radical (unpaired) electrons. The van der Waals surface area contributed by atoms with Gasteiger partial charge < -0.3 is 8.84 Å². The summed E-state index contributed by atoms with van der Waals surface area (Å²) in [5, 5.41) is -0.335. The lowest BCUT2D eigenvalue weighted by Crippen LogP contribution is -2.42. The first-order valence-electron chi connectivity index (χ1n) is 14.0. The van der Waals surface area contributed by atoms with Crippen LogP contribution in [0, 0.1) is 5.92 Å². The summed E-state index contributed by atoms with van der Waals surface area (Å²) in [6, 6.07) is 10.9. The van der Waals surface area contributed by atoms with Gasteiger partial charge in [0.15, 0.2) is 18.2 Å². The molecule has 0 bridgehead atoms. The third kappa shape index (κ3) is 10.3. The molecule has 0 fully saturated rings. The lowest BCUT2D eigenvalue weighted by molar-refractivity contribution is 0.229. The van der Waals surface area contributed by atoms with Crippen LogP contribution in [0.4, 0.5) is 0 Å². The average molecular weight is 559 g/mol. The van der Waals surface area contributed by atoms with E-state index in [1.165, 1.54) is 11.1 Å². The second-order valence-electron chi connectivity index (χ2n) is 12.4. The zero-order valence-corrected chi connectivity index (χ0v) is 26.7. The molecule has 0 spiro atoms. The Balaban J connectivity index is 2.04. The Labute approximate surface area is 233 Å². The standard InChI is InChI=1S/C32H50O4SSi/c1-26(15-13-17-29-20-21-35-25-29)14-12-16-27(2)22-31(37(33,34)30-18-10-9-11-19-30)23-28(3)24-36-38(7,8)32(4,5)6/h9-11,15-16,18-21,25,28,31H,12-14,17,22-24H2,1-8H3/b26-15+,27-16+/t28-,31?/m0/s1. The van der Waals surface area contributed by atoms with Crippen LogP contribution in [0.2, 0.25) is 18.1 Å². The first kappa shape index (κ1) is 32.3. The van der Waals surface area contributed by atoms with Gasteiger partial charge in [-0.1, -0.05) is 69.2 Å². The topological polar surface area (TPSA) is 56.5 Å². The maximum absolute atomic E-state index is 13.7. The minimum absolute atomic E-state index is 0.132. The summed E-state index contributed by atoms with van der Waals surface area (Å²) < 4.78 is 39.0. The number of furan rings is 1. The molecule has 6 heteroatoms. The molecule has 2 atom stereocenters. The maximum atomic E-state index is 13.7. The van der Waals surface area contributed by atoms with E-state index in [0.717, 1.165) is 31.3 Å². The zero-order valence-electron chi connectivity index (χ0n) is 24.9. The molecule has 2 rings (SSSR count). The van der Waals surface area contributed by atoms with E-state index >= 15 is 0 Å². The fourth-order valence-electron chi connectivity index (χ4n) is 4.22. The van der Waals surface area contributed by atoms with Crippen molar-refractivity contribution >= 4 is 18.2 Å². The van der Waals surface area contributed by atoms with Crippen LogP contribution in [0.5, 0.6) is 0 Å². The highest BCUT2D eigenvalue weighted by Crippen LogP contribution is 2.37. The molecule has 212 valence electrons. The molecule has 0 aliphatic rings. The average Bonchev–Trinajstić information content (AvgIpc) is 3.36. The van der Waals surface area contributed by atoms with Gasteiger partial charge in [0.05, 0.1) is 22.7 Å². The van der Waals surface area contributed by atoms with Crippen molar-refractivity contribution in [1.29, 1.82) is 0 Å². The van der Waals surface area contributed by atoms with Crippen LogP contribution in [-0.2, 0) is 20.7 Å². The highest BCUT2D eigenvalue weighted by atomic mass is 32.2. The van der Waals surface area contributed by atoms with E-state index in [9.17, 15) is 8.42 Å². The number of hydrogen-bond donors (Lipinski definition) is 0. The van der Waals surface area contributed by atoms with Crippen molar-refractivity contribution in [2.45, 2.75) is 108 Å². The van der Waals surface area contributed by atoms with Crippen molar-refractivity contribution in [2.75, 3.05) is 6.61 Å². The van der Waals surface area contributed by atoms with Crippen LogP contribution in [-0.4, -0.2) is 28.6 Å². The van der Waals surface area contributed by atoms with Gasteiger partial charge >= 0.3 is 0 Å². The van der Waals surface area contributed by atoms with Crippen LogP contribution >= 0.6 is 0 Å². The largest absolute Gasteiger partial charge is 0.472 e. The van der Waals surface area contributed by atoms with Gasteiger partial charge in [-0.05, 0) is 100 Å². The Bertz CT molecular complexity index is 1120. The smallest absolute Gasteiger partial charge is 0.191 e. The maximum Gasteiger partial charge on any atom is 0.191 e. The minimum atomic E-state index is -3.45. The first-order valence-corrected chi connectivity index (χ1v) is 18.4. The van der Waals surface area contributed by atoms with E-state index < -0.39 is 23.4 Å². The van der Waals surface area contributed by atoms with Crippen molar-refractivity contribution in [3.05, 3.63) is 77.8 Å². The van der Waals surface area contributed by atoms with Gasteiger partial charge in [0.25, 0.3) is 0 Å². The Morgan fingerprint density at radius 1 is 1.03 bits per heavy atom. The monoisotopic (exact) mass is 558 g/mol. The molecule has 0 saturated heterocycles. The van der Waals surface area contributed by atoms with E-state index in [4.69, 9.17) is 8.84 Å². The SMILES string of the molecule is C/C(=C\CCc1ccoc1)CC/C=C(\C)CC(C[C@H](C)CO[Si](C)(C)C(C)(C)C)S(=O)(=O)c1ccccc1. The minimum Gasteiger partial charge on any atom is -0.472 e. The number of rotatable bonds is 15. The second-order valence-corrected chi connectivity index (χ2v) is 19.4. The molecule has 2 aromatic rings. The van der Waals surface area contributed by atoms with Gasteiger partial charge in [-0.15, -0.1) is 0 Å². The number of allylic oxidation sites excluding steroid dienone is 4.